The standard InChI is InChI=1S/C13H14ClNS2/c1-8-7-11(17-13(8)14)12(15)9-5-3-4-6-10(9)16-2/h3-7,12H,15H2,1-2H3. The maximum atomic E-state index is 6.31. The molecule has 90 valence electrons. The zero-order chi connectivity index (χ0) is 12.4. The molecule has 1 unspecified atom stereocenters. The number of benzene rings is 1. The number of halogens is 1. The average molecular weight is 284 g/mol. The summed E-state index contributed by atoms with van der Waals surface area (Å²) in [4.78, 5) is 2.34. The Bertz CT molecular complexity index is 502. The van der Waals surface area contributed by atoms with Crippen LogP contribution >= 0.6 is 34.7 Å². The van der Waals surface area contributed by atoms with Gasteiger partial charge in [0.25, 0.3) is 0 Å². The number of hydrogen-bond acceptors (Lipinski definition) is 3. The van der Waals surface area contributed by atoms with Crippen LogP contribution in [0.15, 0.2) is 35.2 Å². The monoisotopic (exact) mass is 283 g/mol. The maximum Gasteiger partial charge on any atom is 0.0961 e. The number of thioether (sulfide) groups is 1. The Morgan fingerprint density at radius 1 is 1.35 bits per heavy atom. The molecule has 0 saturated heterocycles. The highest BCUT2D eigenvalue weighted by Gasteiger charge is 2.15. The van der Waals surface area contributed by atoms with Crippen molar-refractivity contribution < 1.29 is 0 Å². The van der Waals surface area contributed by atoms with E-state index < -0.39 is 0 Å². The summed E-state index contributed by atoms with van der Waals surface area (Å²) in [6.45, 7) is 2.01. The second-order valence-electron chi connectivity index (χ2n) is 3.83. The van der Waals surface area contributed by atoms with Gasteiger partial charge in [-0.05, 0) is 36.4 Å². The molecule has 0 fully saturated rings. The third-order valence-electron chi connectivity index (χ3n) is 2.66. The molecule has 0 aliphatic rings. The van der Waals surface area contributed by atoms with Gasteiger partial charge >= 0.3 is 0 Å². The van der Waals surface area contributed by atoms with Crippen molar-refractivity contribution in [2.24, 2.45) is 5.73 Å². The lowest BCUT2D eigenvalue weighted by atomic mass is 10.1. The zero-order valence-corrected chi connectivity index (χ0v) is 12.1. The topological polar surface area (TPSA) is 26.0 Å². The van der Waals surface area contributed by atoms with E-state index in [2.05, 4.69) is 24.5 Å². The molecule has 1 aromatic carbocycles. The molecule has 0 amide bonds. The minimum Gasteiger partial charge on any atom is -0.320 e. The SMILES string of the molecule is CSc1ccccc1C(N)c1cc(C)c(Cl)s1. The lowest BCUT2D eigenvalue weighted by molar-refractivity contribution is 0.867. The summed E-state index contributed by atoms with van der Waals surface area (Å²) < 4.78 is 0.831. The highest BCUT2D eigenvalue weighted by Crippen LogP contribution is 2.35. The predicted molar refractivity (Wildman–Crippen MR) is 78.3 cm³/mol. The van der Waals surface area contributed by atoms with Crippen molar-refractivity contribution in [3.8, 4) is 0 Å². The van der Waals surface area contributed by atoms with Crippen LogP contribution in [0.3, 0.4) is 0 Å². The Kier molecular flexibility index (Phi) is 4.15. The van der Waals surface area contributed by atoms with E-state index in [1.807, 2.05) is 19.1 Å². The van der Waals surface area contributed by atoms with Crippen LogP contribution in [0.5, 0.6) is 0 Å². The van der Waals surface area contributed by atoms with Crippen LogP contribution in [-0.2, 0) is 0 Å². The van der Waals surface area contributed by atoms with Crippen LogP contribution in [0.1, 0.15) is 22.0 Å². The van der Waals surface area contributed by atoms with E-state index in [1.54, 1.807) is 23.1 Å². The first kappa shape index (κ1) is 13.0. The molecule has 0 bridgehead atoms. The number of thiophene rings is 1. The van der Waals surface area contributed by atoms with E-state index in [0.717, 1.165) is 20.3 Å². The molecule has 2 aromatic rings. The van der Waals surface area contributed by atoms with Gasteiger partial charge in [0, 0.05) is 9.77 Å². The first-order valence-electron chi connectivity index (χ1n) is 5.27. The molecule has 4 heteroatoms. The Labute approximate surface area is 115 Å². The minimum absolute atomic E-state index is 0.0881. The molecule has 0 radical (unpaired) electrons. The molecule has 1 heterocycles. The van der Waals surface area contributed by atoms with E-state index >= 15 is 0 Å². The summed E-state index contributed by atoms with van der Waals surface area (Å²) in [6.07, 6.45) is 2.07. The Morgan fingerprint density at radius 2 is 2.06 bits per heavy atom. The van der Waals surface area contributed by atoms with E-state index in [-0.39, 0.29) is 6.04 Å². The first-order valence-corrected chi connectivity index (χ1v) is 7.69. The normalized spacial score (nSPS) is 12.7. The molecule has 1 atom stereocenters. The minimum atomic E-state index is -0.0881. The van der Waals surface area contributed by atoms with Crippen LogP contribution in [0.25, 0.3) is 0 Å². The third-order valence-corrected chi connectivity index (χ3v) is 5.11. The lowest BCUT2D eigenvalue weighted by Gasteiger charge is -2.13. The number of hydrogen-bond donors (Lipinski definition) is 1. The smallest absolute Gasteiger partial charge is 0.0961 e. The highest BCUT2D eigenvalue weighted by atomic mass is 35.5. The fourth-order valence-corrected chi connectivity index (χ4v) is 3.60. The summed E-state index contributed by atoms with van der Waals surface area (Å²) in [7, 11) is 0. The van der Waals surface area contributed by atoms with E-state index in [4.69, 9.17) is 17.3 Å². The van der Waals surface area contributed by atoms with Crippen LogP contribution in [0.4, 0.5) is 0 Å². The molecule has 0 spiro atoms. The molecular formula is C13H14ClNS2. The van der Waals surface area contributed by atoms with Crippen molar-refractivity contribution in [1.29, 1.82) is 0 Å². The zero-order valence-electron chi connectivity index (χ0n) is 9.74. The van der Waals surface area contributed by atoms with Gasteiger partial charge < -0.3 is 5.73 Å². The number of nitrogens with two attached hydrogens (primary N) is 1. The van der Waals surface area contributed by atoms with Gasteiger partial charge in [0.15, 0.2) is 0 Å². The Hall–Kier alpha value is -0.480. The van der Waals surface area contributed by atoms with Crippen LogP contribution in [0, 0.1) is 6.92 Å². The highest BCUT2D eigenvalue weighted by molar-refractivity contribution is 7.98. The Balaban J connectivity index is 2.39. The van der Waals surface area contributed by atoms with Crippen molar-refractivity contribution in [3.05, 3.63) is 50.7 Å². The maximum absolute atomic E-state index is 6.31. The molecule has 0 aliphatic heterocycles. The molecule has 0 saturated carbocycles. The van der Waals surface area contributed by atoms with Gasteiger partial charge in [-0.3, -0.25) is 0 Å². The number of aryl methyl sites for hydroxylation is 1. The lowest BCUT2D eigenvalue weighted by Crippen LogP contribution is -2.11. The van der Waals surface area contributed by atoms with Crippen molar-refractivity contribution in [2.75, 3.05) is 6.26 Å². The predicted octanol–water partition coefficient (Wildman–Crippen LogP) is 4.48. The van der Waals surface area contributed by atoms with Gasteiger partial charge in [-0.15, -0.1) is 23.1 Å². The van der Waals surface area contributed by atoms with E-state index in [0.29, 0.717) is 0 Å². The van der Waals surface area contributed by atoms with Crippen molar-refractivity contribution in [1.82, 2.24) is 0 Å². The summed E-state index contributed by atoms with van der Waals surface area (Å²) in [5.74, 6) is 0. The Morgan fingerprint density at radius 3 is 2.65 bits per heavy atom. The molecule has 0 aliphatic carbocycles. The second-order valence-corrected chi connectivity index (χ2v) is 6.36. The average Bonchev–Trinajstić information content (AvgIpc) is 2.68. The van der Waals surface area contributed by atoms with E-state index in [1.165, 1.54) is 4.90 Å². The van der Waals surface area contributed by atoms with Crippen LogP contribution in [-0.4, -0.2) is 6.26 Å². The van der Waals surface area contributed by atoms with Crippen molar-refractivity contribution in [2.45, 2.75) is 17.9 Å². The van der Waals surface area contributed by atoms with Crippen LogP contribution < -0.4 is 5.73 Å². The fraction of sp³-hybridized carbons (Fsp3) is 0.231. The van der Waals surface area contributed by atoms with Crippen molar-refractivity contribution in [3.63, 3.8) is 0 Å². The van der Waals surface area contributed by atoms with Gasteiger partial charge in [0.05, 0.1) is 10.4 Å². The van der Waals surface area contributed by atoms with Crippen LogP contribution in [0.2, 0.25) is 4.34 Å². The molecule has 1 nitrogen and oxygen atoms in total. The largest absolute Gasteiger partial charge is 0.320 e. The number of rotatable bonds is 3. The summed E-state index contributed by atoms with van der Waals surface area (Å²) >= 11 is 9.38. The molecule has 17 heavy (non-hydrogen) atoms. The van der Waals surface area contributed by atoms with Gasteiger partial charge in [-0.1, -0.05) is 29.8 Å². The summed E-state index contributed by atoms with van der Waals surface area (Å²) in [6, 6.07) is 10.2. The molecule has 1 aromatic heterocycles. The molecule has 2 N–H and O–H groups in total. The molecule has 2 rings (SSSR count). The van der Waals surface area contributed by atoms with Gasteiger partial charge in [-0.2, -0.15) is 0 Å². The first-order chi connectivity index (χ1) is 8.13. The van der Waals surface area contributed by atoms with Gasteiger partial charge in [0.2, 0.25) is 0 Å². The quantitative estimate of drug-likeness (QED) is 0.841. The van der Waals surface area contributed by atoms with E-state index in [9.17, 15) is 0 Å². The van der Waals surface area contributed by atoms with Crippen molar-refractivity contribution >= 4 is 34.7 Å². The van der Waals surface area contributed by atoms with Gasteiger partial charge in [0.1, 0.15) is 0 Å². The summed E-state index contributed by atoms with van der Waals surface area (Å²) in [5, 5.41) is 0. The molecular weight excluding hydrogens is 270 g/mol. The second kappa shape index (κ2) is 5.44. The summed E-state index contributed by atoms with van der Waals surface area (Å²) in [5.41, 5.74) is 8.58. The van der Waals surface area contributed by atoms with Gasteiger partial charge in [-0.25, -0.2) is 0 Å². The third kappa shape index (κ3) is 2.68. The fourth-order valence-electron chi connectivity index (χ4n) is 1.71.